The summed E-state index contributed by atoms with van der Waals surface area (Å²) in [4.78, 5) is 28.2. The molecular weight excluding hydrogens is 354 g/mol. The molecule has 0 atom stereocenters. The van der Waals surface area contributed by atoms with Crippen LogP contribution in [0.5, 0.6) is 5.75 Å². The Hall–Kier alpha value is -3.23. The Morgan fingerprint density at radius 2 is 1.88 bits per heavy atom. The van der Waals surface area contributed by atoms with E-state index in [1.807, 2.05) is 24.3 Å². The van der Waals surface area contributed by atoms with E-state index in [-0.39, 0.29) is 10.6 Å². The highest BCUT2D eigenvalue weighted by Gasteiger charge is 2.19. The van der Waals surface area contributed by atoms with E-state index in [1.54, 1.807) is 31.5 Å². The molecule has 0 aliphatic carbocycles. The van der Waals surface area contributed by atoms with Gasteiger partial charge in [0.05, 0.1) is 12.0 Å². The van der Waals surface area contributed by atoms with Crippen LogP contribution in [-0.4, -0.2) is 34.2 Å². The summed E-state index contributed by atoms with van der Waals surface area (Å²) in [7, 11) is 1.61. The highest BCUT2D eigenvalue weighted by molar-refractivity contribution is 7.18. The topological polar surface area (TPSA) is 106 Å². The minimum absolute atomic E-state index is 0.156. The normalized spacial score (nSPS) is 10.4. The molecule has 26 heavy (non-hydrogen) atoms. The smallest absolute Gasteiger partial charge is 0.429 e. The first-order valence-corrected chi connectivity index (χ1v) is 8.34. The van der Waals surface area contributed by atoms with Gasteiger partial charge in [0.2, 0.25) is 0 Å². The molecule has 2 amide bonds. The van der Waals surface area contributed by atoms with Gasteiger partial charge in [-0.25, -0.2) is 15.6 Å². The molecular formula is C18H15N3O4S. The largest absolute Gasteiger partial charge is 0.497 e. The number of benzene rings is 2. The number of hydrogen-bond acceptors (Lipinski definition) is 6. The van der Waals surface area contributed by atoms with E-state index in [0.29, 0.717) is 10.6 Å². The Bertz CT molecular complexity index is 953. The molecule has 0 spiro atoms. The third kappa shape index (κ3) is 3.56. The lowest BCUT2D eigenvalue weighted by atomic mass is 10.1. The van der Waals surface area contributed by atoms with Crippen LogP contribution in [0.1, 0.15) is 10.4 Å². The van der Waals surface area contributed by atoms with Gasteiger partial charge in [-0.15, -0.1) is 11.3 Å². The van der Waals surface area contributed by atoms with Crippen LogP contribution in [0, 0.1) is 0 Å². The monoisotopic (exact) mass is 369 g/mol. The van der Waals surface area contributed by atoms with Gasteiger partial charge in [-0.05, 0) is 42.0 Å². The van der Waals surface area contributed by atoms with Crippen molar-refractivity contribution in [2.45, 2.75) is 0 Å². The molecule has 7 nitrogen and oxygen atoms in total. The summed E-state index contributed by atoms with van der Waals surface area (Å²) in [5.41, 5.74) is 1.88. The Balaban J connectivity index is 1.88. The third-order valence-electron chi connectivity index (χ3n) is 3.66. The van der Waals surface area contributed by atoms with E-state index in [1.165, 1.54) is 17.4 Å². The molecule has 1 heterocycles. The lowest BCUT2D eigenvalue weighted by Crippen LogP contribution is -2.41. The van der Waals surface area contributed by atoms with Crippen molar-refractivity contribution in [3.63, 3.8) is 0 Å². The molecule has 0 bridgehead atoms. The zero-order valence-electron chi connectivity index (χ0n) is 13.7. The number of hydrazine groups is 1. The molecule has 8 heteroatoms. The number of ether oxygens (including phenoxy) is 1. The molecule has 0 radical (unpaired) electrons. The summed E-state index contributed by atoms with van der Waals surface area (Å²) in [6, 6.07) is 14.2. The second-order valence-electron chi connectivity index (χ2n) is 5.30. The first kappa shape index (κ1) is 17.6. The fourth-order valence-corrected chi connectivity index (χ4v) is 3.23. The van der Waals surface area contributed by atoms with Crippen molar-refractivity contribution in [2.75, 3.05) is 7.11 Å². The van der Waals surface area contributed by atoms with Crippen molar-refractivity contribution in [2.24, 2.45) is 5.84 Å². The maximum atomic E-state index is 12.0. The first-order valence-electron chi connectivity index (χ1n) is 7.52. The van der Waals surface area contributed by atoms with Crippen LogP contribution in [0.3, 0.4) is 0 Å². The highest BCUT2D eigenvalue weighted by atomic mass is 32.1. The summed E-state index contributed by atoms with van der Waals surface area (Å²) in [6.45, 7) is 0. The van der Waals surface area contributed by atoms with Gasteiger partial charge in [-0.3, -0.25) is 4.79 Å². The van der Waals surface area contributed by atoms with Gasteiger partial charge in [0.1, 0.15) is 10.8 Å². The predicted octanol–water partition coefficient (Wildman–Crippen LogP) is 3.48. The van der Waals surface area contributed by atoms with E-state index in [0.717, 1.165) is 16.2 Å². The molecule has 1 aromatic heterocycles. The van der Waals surface area contributed by atoms with Crippen molar-refractivity contribution in [3.05, 3.63) is 60.3 Å². The van der Waals surface area contributed by atoms with Crippen LogP contribution in [-0.2, 0) is 0 Å². The summed E-state index contributed by atoms with van der Waals surface area (Å²) >= 11 is 1.46. The van der Waals surface area contributed by atoms with Crippen LogP contribution in [0.25, 0.3) is 21.0 Å². The highest BCUT2D eigenvalue weighted by Crippen LogP contribution is 2.33. The van der Waals surface area contributed by atoms with E-state index >= 15 is 0 Å². The van der Waals surface area contributed by atoms with Crippen LogP contribution in [0.2, 0.25) is 0 Å². The summed E-state index contributed by atoms with van der Waals surface area (Å²) in [5.74, 6) is 5.22. The molecule has 3 rings (SSSR count). The van der Waals surface area contributed by atoms with Gasteiger partial charge in [0.15, 0.2) is 0 Å². The lowest BCUT2D eigenvalue weighted by molar-refractivity contribution is 0.0741. The summed E-state index contributed by atoms with van der Waals surface area (Å²) < 4.78 is 5.15. The molecule has 3 aromatic rings. The molecule has 132 valence electrons. The Morgan fingerprint density at radius 3 is 2.54 bits per heavy atom. The van der Waals surface area contributed by atoms with Crippen LogP contribution >= 0.6 is 11.3 Å². The van der Waals surface area contributed by atoms with E-state index in [9.17, 15) is 9.59 Å². The molecule has 3 N–H and O–H groups in total. The average molecular weight is 369 g/mol. The number of thiazole rings is 1. The summed E-state index contributed by atoms with van der Waals surface area (Å²) in [6.07, 6.45) is 0.236. The number of amides is 2. The van der Waals surface area contributed by atoms with E-state index < -0.39 is 12.0 Å². The third-order valence-corrected chi connectivity index (χ3v) is 4.76. The molecule has 0 unspecified atom stereocenters. The quantitative estimate of drug-likeness (QED) is 0.414. The molecule has 0 aliphatic heterocycles. The number of nitrogens with two attached hydrogens (primary N) is 1. The zero-order chi connectivity index (χ0) is 18.7. The lowest BCUT2D eigenvalue weighted by Gasteiger charge is -2.10. The van der Waals surface area contributed by atoms with Gasteiger partial charge in [-0.1, -0.05) is 12.1 Å². The molecule has 0 aliphatic rings. The number of imide groups is 1. The summed E-state index contributed by atoms with van der Waals surface area (Å²) in [5, 5.41) is 9.70. The van der Waals surface area contributed by atoms with Crippen LogP contribution in [0.15, 0.2) is 54.7 Å². The molecule has 0 saturated carbocycles. The van der Waals surface area contributed by atoms with Crippen molar-refractivity contribution in [1.82, 2.24) is 9.99 Å². The van der Waals surface area contributed by atoms with Crippen molar-refractivity contribution in [3.8, 4) is 26.8 Å². The van der Waals surface area contributed by atoms with E-state index in [2.05, 4.69) is 4.98 Å². The van der Waals surface area contributed by atoms with Crippen molar-refractivity contribution < 1.29 is 19.4 Å². The van der Waals surface area contributed by atoms with Crippen LogP contribution < -0.4 is 10.6 Å². The maximum absolute atomic E-state index is 12.0. The fourth-order valence-electron chi connectivity index (χ4n) is 2.31. The second kappa shape index (κ2) is 7.34. The molecule has 0 saturated heterocycles. The molecule has 0 fully saturated rings. The van der Waals surface area contributed by atoms with Gasteiger partial charge >= 0.3 is 6.09 Å². The molecule has 2 aromatic carbocycles. The number of methoxy groups -OCH3 is 1. The number of carbonyl (C=O) groups excluding carboxylic acids is 1. The number of carboxylic acid groups (broad SMARTS) is 1. The Morgan fingerprint density at radius 1 is 1.15 bits per heavy atom. The van der Waals surface area contributed by atoms with Gasteiger partial charge in [0, 0.05) is 17.3 Å². The van der Waals surface area contributed by atoms with Crippen LogP contribution in [0.4, 0.5) is 4.79 Å². The minimum Gasteiger partial charge on any atom is -0.497 e. The Kier molecular flexibility index (Phi) is 4.97. The average Bonchev–Trinajstić information content (AvgIpc) is 3.17. The number of aromatic nitrogens is 1. The van der Waals surface area contributed by atoms with Crippen molar-refractivity contribution in [1.29, 1.82) is 0 Å². The van der Waals surface area contributed by atoms with Crippen molar-refractivity contribution >= 4 is 23.3 Å². The Labute approximate surface area is 153 Å². The first-order chi connectivity index (χ1) is 12.5. The van der Waals surface area contributed by atoms with Gasteiger partial charge in [0.25, 0.3) is 5.91 Å². The SMILES string of the molecule is COc1ccc(-c2cnc(-c3cccc(C(=O)N(N)C(=O)O)c3)s2)cc1. The standard InChI is InChI=1S/C18H15N3O4S/c1-25-14-7-5-11(6-8-14)15-10-20-16(26-15)12-3-2-4-13(9-12)17(22)21(19)18(23)24/h2-10H,19H2,1H3,(H,23,24). The van der Waals surface area contributed by atoms with Gasteiger partial charge in [-0.2, -0.15) is 5.01 Å². The second-order valence-corrected chi connectivity index (χ2v) is 6.33. The maximum Gasteiger partial charge on any atom is 0.429 e. The van der Waals surface area contributed by atoms with Gasteiger partial charge < -0.3 is 9.84 Å². The van der Waals surface area contributed by atoms with E-state index in [4.69, 9.17) is 15.7 Å². The number of hydrogen-bond donors (Lipinski definition) is 2. The predicted molar refractivity (Wildman–Crippen MR) is 97.9 cm³/mol. The number of carbonyl (C=O) groups is 2. The number of rotatable bonds is 4. The minimum atomic E-state index is -1.52. The number of nitrogens with zero attached hydrogens (tertiary/aromatic N) is 2. The zero-order valence-corrected chi connectivity index (χ0v) is 14.6. The fraction of sp³-hybridized carbons (Fsp3) is 0.0556.